The third-order valence-corrected chi connectivity index (χ3v) is 2.99. The number of hydrogen-bond donors (Lipinski definition) is 2. The first kappa shape index (κ1) is 20.5. The number of alkyl carbamates (subject to hydrolysis) is 1. The van der Waals surface area contributed by atoms with Gasteiger partial charge < -0.3 is 20.1 Å². The van der Waals surface area contributed by atoms with E-state index >= 15 is 0 Å². The summed E-state index contributed by atoms with van der Waals surface area (Å²) >= 11 is 0. The Morgan fingerprint density at radius 1 is 1.04 bits per heavy atom. The predicted molar refractivity (Wildman–Crippen MR) is 92.8 cm³/mol. The van der Waals surface area contributed by atoms with E-state index in [0.717, 1.165) is 0 Å². The summed E-state index contributed by atoms with van der Waals surface area (Å²) in [4.78, 5) is 35.5. The molecular formula is C18H26N2O5. The third-order valence-electron chi connectivity index (χ3n) is 2.99. The fraction of sp³-hybridized carbons (Fsp3) is 0.500. The lowest BCUT2D eigenvalue weighted by Crippen LogP contribution is -2.45. The van der Waals surface area contributed by atoms with Crippen molar-refractivity contribution >= 4 is 18.0 Å². The summed E-state index contributed by atoms with van der Waals surface area (Å²) in [5, 5.41) is 4.94. The van der Waals surface area contributed by atoms with Crippen molar-refractivity contribution in [1.29, 1.82) is 0 Å². The maximum Gasteiger partial charge on any atom is 0.409 e. The van der Waals surface area contributed by atoms with Crippen LogP contribution in [0.3, 0.4) is 0 Å². The fourth-order valence-corrected chi connectivity index (χ4v) is 1.91. The van der Waals surface area contributed by atoms with Gasteiger partial charge in [-0.2, -0.15) is 0 Å². The molecule has 2 N–H and O–H groups in total. The van der Waals surface area contributed by atoms with Crippen LogP contribution in [0.25, 0.3) is 0 Å². The topological polar surface area (TPSA) is 93.7 Å². The van der Waals surface area contributed by atoms with Gasteiger partial charge in [-0.3, -0.25) is 4.79 Å². The number of benzene rings is 1. The molecule has 0 aliphatic heterocycles. The molecular weight excluding hydrogens is 324 g/mol. The Kier molecular flexibility index (Phi) is 7.42. The second-order valence-corrected chi connectivity index (χ2v) is 6.95. The van der Waals surface area contributed by atoms with E-state index in [4.69, 9.17) is 9.47 Å². The summed E-state index contributed by atoms with van der Waals surface area (Å²) in [5.41, 5.74) is -0.165. The first-order valence-electron chi connectivity index (χ1n) is 8.10. The van der Waals surface area contributed by atoms with E-state index in [-0.39, 0.29) is 11.3 Å². The number of amides is 2. The largest absolute Gasteiger partial charge is 0.426 e. The molecule has 1 unspecified atom stereocenters. The van der Waals surface area contributed by atoms with E-state index in [0.29, 0.717) is 12.2 Å². The monoisotopic (exact) mass is 350 g/mol. The summed E-state index contributed by atoms with van der Waals surface area (Å²) in [6.07, 6.45) is -1.32. The second-order valence-electron chi connectivity index (χ2n) is 6.95. The zero-order valence-electron chi connectivity index (χ0n) is 15.3. The molecule has 0 aliphatic rings. The minimum atomic E-state index is -0.898. The number of hydrogen-bond acceptors (Lipinski definition) is 5. The molecule has 0 fully saturated rings. The normalized spacial score (nSPS) is 13.3. The molecule has 1 aromatic rings. The molecule has 7 nitrogen and oxygen atoms in total. The van der Waals surface area contributed by atoms with Crippen LogP contribution in [0.1, 0.15) is 41.0 Å². The summed E-state index contributed by atoms with van der Waals surface area (Å²) in [6.45, 7) is 8.82. The second kappa shape index (κ2) is 9.05. The third kappa shape index (κ3) is 8.74. The van der Waals surface area contributed by atoms with Crippen molar-refractivity contribution in [2.24, 2.45) is 5.41 Å². The van der Waals surface area contributed by atoms with Crippen LogP contribution in [0.5, 0.6) is 5.75 Å². The Labute approximate surface area is 148 Å². The van der Waals surface area contributed by atoms with Crippen molar-refractivity contribution in [3.8, 4) is 5.75 Å². The van der Waals surface area contributed by atoms with Gasteiger partial charge in [0.2, 0.25) is 5.91 Å². The van der Waals surface area contributed by atoms with Crippen LogP contribution in [0.15, 0.2) is 30.3 Å². The van der Waals surface area contributed by atoms with Crippen LogP contribution in [-0.4, -0.2) is 30.2 Å². The van der Waals surface area contributed by atoms with Crippen molar-refractivity contribution in [1.82, 2.24) is 10.6 Å². The van der Waals surface area contributed by atoms with Crippen molar-refractivity contribution in [3.63, 3.8) is 0 Å². The van der Waals surface area contributed by atoms with Gasteiger partial charge in [0.05, 0.1) is 0 Å². The molecule has 0 radical (unpaired) electrons. The lowest BCUT2D eigenvalue weighted by Gasteiger charge is -2.21. The molecule has 0 aromatic heterocycles. The van der Waals surface area contributed by atoms with Gasteiger partial charge in [-0.05, 0) is 31.4 Å². The van der Waals surface area contributed by atoms with Crippen LogP contribution < -0.4 is 15.4 Å². The van der Waals surface area contributed by atoms with Gasteiger partial charge in [0.15, 0.2) is 6.23 Å². The molecule has 1 aromatic carbocycles. The van der Waals surface area contributed by atoms with Crippen LogP contribution in [0.2, 0.25) is 0 Å². The van der Waals surface area contributed by atoms with Gasteiger partial charge in [-0.15, -0.1) is 0 Å². The lowest BCUT2D eigenvalue weighted by atomic mass is 9.92. The number of esters is 1. The summed E-state index contributed by atoms with van der Waals surface area (Å²) in [6, 6.07) is 7.63. The minimum Gasteiger partial charge on any atom is -0.426 e. The zero-order valence-corrected chi connectivity index (χ0v) is 15.3. The first-order chi connectivity index (χ1) is 11.6. The van der Waals surface area contributed by atoms with Gasteiger partial charge in [0.1, 0.15) is 11.8 Å². The van der Waals surface area contributed by atoms with Crippen molar-refractivity contribution in [2.45, 2.75) is 53.3 Å². The first-order valence-corrected chi connectivity index (χ1v) is 8.10. The highest BCUT2D eigenvalue weighted by Gasteiger charge is 2.21. The fourth-order valence-electron chi connectivity index (χ4n) is 1.91. The highest BCUT2D eigenvalue weighted by molar-refractivity contribution is 5.82. The average molecular weight is 350 g/mol. The molecule has 0 aliphatic carbocycles. The molecule has 2 atom stereocenters. The quantitative estimate of drug-likeness (QED) is 0.467. The van der Waals surface area contributed by atoms with Crippen LogP contribution >= 0.6 is 0 Å². The lowest BCUT2D eigenvalue weighted by molar-refractivity contribution is -0.136. The van der Waals surface area contributed by atoms with E-state index in [1.807, 2.05) is 20.8 Å². The number of para-hydroxylation sites is 1. The number of rotatable bonds is 6. The molecule has 0 saturated heterocycles. The van der Waals surface area contributed by atoms with E-state index < -0.39 is 24.3 Å². The van der Waals surface area contributed by atoms with Gasteiger partial charge in [-0.1, -0.05) is 39.0 Å². The van der Waals surface area contributed by atoms with E-state index in [1.54, 1.807) is 30.3 Å². The Bertz CT molecular complexity index is 595. The molecule has 0 heterocycles. The average Bonchev–Trinajstić information content (AvgIpc) is 2.45. The van der Waals surface area contributed by atoms with Crippen LogP contribution in [0, 0.1) is 5.41 Å². The molecule has 7 heteroatoms. The standard InChI is InChI=1S/C18H26N2O5/c1-12(16(22)25-14-9-7-6-8-10-14)19-17(23)24-13(2)20-15(21)11-18(3,4)5/h6-10,12-13H,11H2,1-5H3,(H,19,23)(H,20,21)/t12-,13?/m0/s1. The summed E-state index contributed by atoms with van der Waals surface area (Å²) in [5.74, 6) is -0.450. The molecule has 0 saturated carbocycles. The number of ether oxygens (including phenoxy) is 2. The van der Waals surface area contributed by atoms with Gasteiger partial charge in [0, 0.05) is 6.42 Å². The van der Waals surface area contributed by atoms with E-state index in [1.165, 1.54) is 13.8 Å². The van der Waals surface area contributed by atoms with E-state index in [2.05, 4.69) is 10.6 Å². The van der Waals surface area contributed by atoms with Crippen LogP contribution in [0.4, 0.5) is 4.79 Å². The van der Waals surface area contributed by atoms with Gasteiger partial charge >= 0.3 is 12.1 Å². The van der Waals surface area contributed by atoms with Crippen molar-refractivity contribution in [3.05, 3.63) is 30.3 Å². The molecule has 1 rings (SSSR count). The molecule has 0 bridgehead atoms. The zero-order chi connectivity index (χ0) is 19.0. The van der Waals surface area contributed by atoms with Crippen LogP contribution in [-0.2, 0) is 14.3 Å². The Balaban J connectivity index is 2.39. The molecule has 0 spiro atoms. The molecule has 138 valence electrons. The highest BCUT2D eigenvalue weighted by Crippen LogP contribution is 2.17. The molecule has 2 amide bonds. The summed E-state index contributed by atoms with van der Waals surface area (Å²) < 4.78 is 10.1. The maximum absolute atomic E-state index is 11.9. The molecule has 25 heavy (non-hydrogen) atoms. The number of nitrogens with one attached hydrogen (secondary N) is 2. The van der Waals surface area contributed by atoms with Crippen molar-refractivity contribution < 1.29 is 23.9 Å². The van der Waals surface area contributed by atoms with Crippen molar-refractivity contribution in [2.75, 3.05) is 0 Å². The van der Waals surface area contributed by atoms with Gasteiger partial charge in [-0.25, -0.2) is 9.59 Å². The number of carbonyl (C=O) groups is 3. The summed E-state index contributed by atoms with van der Waals surface area (Å²) in [7, 11) is 0. The van der Waals surface area contributed by atoms with Gasteiger partial charge in [0.25, 0.3) is 0 Å². The Morgan fingerprint density at radius 2 is 1.64 bits per heavy atom. The Hall–Kier alpha value is -2.57. The SMILES string of the molecule is CC(NC(=O)CC(C)(C)C)OC(=O)N[C@@H](C)C(=O)Oc1ccccc1. The number of carbonyl (C=O) groups excluding carboxylic acids is 3. The maximum atomic E-state index is 11.9. The minimum absolute atomic E-state index is 0.165. The predicted octanol–water partition coefficient (Wildman–Crippen LogP) is 2.61. The highest BCUT2D eigenvalue weighted by atomic mass is 16.6. The van der Waals surface area contributed by atoms with E-state index in [9.17, 15) is 14.4 Å². The Morgan fingerprint density at radius 3 is 2.20 bits per heavy atom. The smallest absolute Gasteiger partial charge is 0.409 e.